The van der Waals surface area contributed by atoms with Gasteiger partial charge in [0.1, 0.15) is 24.4 Å². The van der Waals surface area contributed by atoms with E-state index in [2.05, 4.69) is 6.58 Å². The minimum Gasteiger partial charge on any atom is -0.462 e. The number of carbonyl (C=O) groups excluding carboxylic acids is 4. The highest BCUT2D eigenvalue weighted by Crippen LogP contribution is 2.72. The maximum absolute atomic E-state index is 13.9. The van der Waals surface area contributed by atoms with Crippen molar-refractivity contribution in [2.75, 3.05) is 0 Å². The van der Waals surface area contributed by atoms with Crippen LogP contribution in [0, 0.1) is 34.0 Å². The molecule has 194 valence electrons. The van der Waals surface area contributed by atoms with E-state index in [0.29, 0.717) is 12.0 Å². The number of fused-ring (bicyclic) bond motifs is 3. The minimum atomic E-state index is -1.44. The van der Waals surface area contributed by atoms with Gasteiger partial charge < -0.3 is 24.4 Å². The van der Waals surface area contributed by atoms with E-state index >= 15 is 0 Å². The van der Waals surface area contributed by atoms with Crippen molar-refractivity contribution >= 4 is 23.7 Å². The van der Waals surface area contributed by atoms with E-state index < -0.39 is 76.5 Å². The van der Waals surface area contributed by atoms with E-state index in [1.54, 1.807) is 0 Å². The summed E-state index contributed by atoms with van der Waals surface area (Å²) in [5.41, 5.74) is -3.10. The maximum atomic E-state index is 13.9. The van der Waals surface area contributed by atoms with Crippen molar-refractivity contribution < 1.29 is 43.6 Å². The summed E-state index contributed by atoms with van der Waals surface area (Å²) >= 11 is 0. The van der Waals surface area contributed by atoms with Gasteiger partial charge in [0, 0.05) is 44.4 Å². The SMILES string of the molecule is C=C1C(=O)C23CC1CC(OC(C)=O)C2C1(C)C(OC(C)=O)CC(O)C(C)(C)C1C(OC(C)=O)C3O. The molecule has 0 aromatic rings. The van der Waals surface area contributed by atoms with Gasteiger partial charge in [-0.1, -0.05) is 27.4 Å². The third-order valence-corrected chi connectivity index (χ3v) is 9.46. The van der Waals surface area contributed by atoms with Crippen molar-refractivity contribution in [2.45, 2.75) is 91.3 Å². The molecule has 0 saturated heterocycles. The van der Waals surface area contributed by atoms with Crippen LogP contribution < -0.4 is 0 Å². The highest BCUT2D eigenvalue weighted by atomic mass is 16.6. The maximum Gasteiger partial charge on any atom is 0.303 e. The van der Waals surface area contributed by atoms with Gasteiger partial charge in [-0.2, -0.15) is 0 Å². The van der Waals surface area contributed by atoms with Crippen LogP contribution in [0.4, 0.5) is 0 Å². The summed E-state index contributed by atoms with van der Waals surface area (Å²) in [5.74, 6) is -3.85. The van der Waals surface area contributed by atoms with Crippen LogP contribution in [-0.2, 0) is 33.4 Å². The van der Waals surface area contributed by atoms with Crippen LogP contribution in [0.25, 0.3) is 0 Å². The number of Topliss-reactive ketones (excluding diaryl/α,β-unsaturated/α-hetero) is 1. The molecular weight excluding hydrogens is 456 g/mol. The van der Waals surface area contributed by atoms with Crippen LogP contribution in [0.1, 0.15) is 60.8 Å². The Morgan fingerprint density at radius 2 is 1.49 bits per heavy atom. The summed E-state index contributed by atoms with van der Waals surface area (Å²) in [6.07, 6.45) is -4.49. The van der Waals surface area contributed by atoms with Crippen molar-refractivity contribution in [2.24, 2.45) is 34.0 Å². The van der Waals surface area contributed by atoms with Crippen LogP contribution in [0.2, 0.25) is 0 Å². The van der Waals surface area contributed by atoms with Crippen LogP contribution in [-0.4, -0.2) is 64.4 Å². The topological polar surface area (TPSA) is 136 Å². The molecule has 0 radical (unpaired) electrons. The first-order valence-corrected chi connectivity index (χ1v) is 12.2. The number of rotatable bonds is 3. The summed E-state index contributed by atoms with van der Waals surface area (Å²) in [6, 6.07) is 0. The van der Waals surface area contributed by atoms with Gasteiger partial charge in [0.15, 0.2) is 5.78 Å². The van der Waals surface area contributed by atoms with Gasteiger partial charge in [-0.15, -0.1) is 0 Å². The number of hydrogen-bond acceptors (Lipinski definition) is 9. The summed E-state index contributed by atoms with van der Waals surface area (Å²) in [7, 11) is 0. The summed E-state index contributed by atoms with van der Waals surface area (Å²) in [6.45, 7) is 13.3. The molecule has 4 rings (SSSR count). The molecule has 9 nitrogen and oxygen atoms in total. The van der Waals surface area contributed by atoms with Gasteiger partial charge in [-0.3, -0.25) is 19.2 Å². The Balaban J connectivity index is 2.03. The molecule has 2 N–H and O–H groups in total. The molecule has 0 aromatic heterocycles. The van der Waals surface area contributed by atoms with Crippen molar-refractivity contribution in [3.05, 3.63) is 12.2 Å². The zero-order chi connectivity index (χ0) is 26.2. The van der Waals surface area contributed by atoms with Crippen molar-refractivity contribution in [3.63, 3.8) is 0 Å². The monoisotopic (exact) mass is 492 g/mol. The van der Waals surface area contributed by atoms with Crippen molar-refractivity contribution in [1.29, 1.82) is 0 Å². The van der Waals surface area contributed by atoms with E-state index in [-0.39, 0.29) is 24.5 Å². The molecule has 0 heterocycles. The third-order valence-electron chi connectivity index (χ3n) is 9.46. The van der Waals surface area contributed by atoms with Gasteiger partial charge in [-0.25, -0.2) is 0 Å². The Bertz CT molecular complexity index is 985. The minimum absolute atomic E-state index is 0.0837. The molecule has 35 heavy (non-hydrogen) atoms. The molecule has 4 aliphatic rings. The number of esters is 3. The summed E-state index contributed by atoms with van der Waals surface area (Å²) < 4.78 is 17.3. The van der Waals surface area contributed by atoms with E-state index in [1.165, 1.54) is 20.8 Å². The standard InChI is InChI=1S/C26H36O9/c1-11-15-8-16(33-12(2)27)20-25(7)18(34-13(3)28)9-17(30)24(5,6)21(25)19(35-14(4)29)23(32)26(20,10-15)22(11)31/h15-21,23,30,32H,1,8-10H2,2-7H3. The van der Waals surface area contributed by atoms with Gasteiger partial charge in [0.25, 0.3) is 0 Å². The number of ether oxygens (including phenoxy) is 3. The molecule has 10 unspecified atom stereocenters. The lowest BCUT2D eigenvalue weighted by Gasteiger charge is -2.69. The second-order valence-corrected chi connectivity index (χ2v) is 11.7. The largest absolute Gasteiger partial charge is 0.462 e. The van der Waals surface area contributed by atoms with Gasteiger partial charge in [-0.05, 0) is 29.7 Å². The van der Waals surface area contributed by atoms with E-state index in [1.807, 2.05) is 20.8 Å². The first-order valence-electron chi connectivity index (χ1n) is 12.2. The van der Waals surface area contributed by atoms with Crippen LogP contribution >= 0.6 is 0 Å². The van der Waals surface area contributed by atoms with Crippen LogP contribution in [0.3, 0.4) is 0 Å². The van der Waals surface area contributed by atoms with E-state index in [4.69, 9.17) is 14.2 Å². The molecule has 0 aromatic carbocycles. The number of carbonyl (C=O) groups is 4. The smallest absolute Gasteiger partial charge is 0.303 e. The molecule has 1 spiro atoms. The molecule has 10 atom stereocenters. The van der Waals surface area contributed by atoms with Crippen molar-refractivity contribution in [1.82, 2.24) is 0 Å². The molecule has 4 fully saturated rings. The van der Waals surface area contributed by atoms with Gasteiger partial charge in [0.05, 0.1) is 11.5 Å². The first-order chi connectivity index (χ1) is 16.1. The Kier molecular flexibility index (Phi) is 6.00. The second-order valence-electron chi connectivity index (χ2n) is 11.7. The number of ketones is 1. The predicted octanol–water partition coefficient (Wildman–Crippen LogP) is 1.72. The summed E-state index contributed by atoms with van der Waals surface area (Å²) in [4.78, 5) is 50.5. The van der Waals surface area contributed by atoms with Crippen molar-refractivity contribution in [3.8, 4) is 0 Å². The Labute approximate surface area is 205 Å². The Hall–Kier alpha value is -2.26. The second kappa shape index (κ2) is 8.13. The molecule has 2 bridgehead atoms. The number of aliphatic hydroxyl groups excluding tert-OH is 2. The predicted molar refractivity (Wildman–Crippen MR) is 121 cm³/mol. The highest BCUT2D eigenvalue weighted by molar-refractivity contribution is 6.04. The van der Waals surface area contributed by atoms with E-state index in [0.717, 1.165) is 0 Å². The Morgan fingerprint density at radius 1 is 0.914 bits per heavy atom. The molecule has 0 amide bonds. The fraction of sp³-hybridized carbons (Fsp3) is 0.769. The zero-order valence-electron chi connectivity index (χ0n) is 21.2. The molecule has 4 saturated carbocycles. The molecule has 4 aliphatic carbocycles. The van der Waals surface area contributed by atoms with Gasteiger partial charge >= 0.3 is 17.9 Å². The average Bonchev–Trinajstić information content (AvgIpc) is 2.91. The lowest BCUT2D eigenvalue weighted by molar-refractivity contribution is -0.307. The van der Waals surface area contributed by atoms with E-state index in [9.17, 15) is 29.4 Å². The Morgan fingerprint density at radius 3 is 2.03 bits per heavy atom. The lowest BCUT2D eigenvalue weighted by atomic mass is 9.37. The summed E-state index contributed by atoms with van der Waals surface area (Å²) in [5, 5.41) is 23.1. The molecular formula is C26H36O9. The highest BCUT2D eigenvalue weighted by Gasteiger charge is 2.79. The van der Waals surface area contributed by atoms with Crippen LogP contribution in [0.5, 0.6) is 0 Å². The lowest BCUT2D eigenvalue weighted by Crippen LogP contribution is -2.76. The molecule has 0 aliphatic heterocycles. The van der Waals surface area contributed by atoms with Crippen LogP contribution in [0.15, 0.2) is 12.2 Å². The third kappa shape index (κ3) is 3.41. The zero-order valence-corrected chi connectivity index (χ0v) is 21.2. The average molecular weight is 493 g/mol. The molecule has 9 heteroatoms. The number of aliphatic hydroxyl groups is 2. The number of allylic oxidation sites excluding steroid dienone is 1. The number of hydrogen-bond donors (Lipinski definition) is 2. The van der Waals surface area contributed by atoms with Gasteiger partial charge in [0.2, 0.25) is 0 Å². The fourth-order valence-electron chi connectivity index (χ4n) is 8.39. The fourth-order valence-corrected chi connectivity index (χ4v) is 8.39. The normalized spacial score (nSPS) is 45.7. The first kappa shape index (κ1) is 25.8. The quantitative estimate of drug-likeness (QED) is 0.343.